The van der Waals surface area contributed by atoms with Gasteiger partial charge in [0.25, 0.3) is 0 Å². The van der Waals surface area contributed by atoms with Crippen molar-refractivity contribution in [2.45, 2.75) is 57.4 Å². The molecule has 26 heavy (non-hydrogen) atoms. The van der Waals surface area contributed by atoms with Crippen molar-refractivity contribution in [1.29, 1.82) is 0 Å². The van der Waals surface area contributed by atoms with Crippen LogP contribution in [0.2, 0.25) is 0 Å². The standard InChI is InChI=1S/C16H16F6O4/c1-10(23)24-14(5-3-2-4-6-14)11-7-12(25-15(17,18)19)9-13(8-11)26-16(20,21)22/h7-9H,2-6H2,1H3. The fraction of sp³-hybridized carbons (Fsp3) is 0.562. The Morgan fingerprint density at radius 3 is 1.73 bits per heavy atom. The predicted molar refractivity (Wildman–Crippen MR) is 76.3 cm³/mol. The monoisotopic (exact) mass is 386 g/mol. The molecule has 0 bridgehead atoms. The second-order valence-electron chi connectivity index (χ2n) is 5.94. The van der Waals surface area contributed by atoms with Crippen LogP contribution < -0.4 is 9.47 Å². The Morgan fingerprint density at radius 1 is 0.885 bits per heavy atom. The number of hydrogen-bond donors (Lipinski definition) is 0. The molecule has 0 aliphatic heterocycles. The maximum Gasteiger partial charge on any atom is 0.573 e. The van der Waals surface area contributed by atoms with E-state index in [-0.39, 0.29) is 18.4 Å². The molecule has 0 unspecified atom stereocenters. The minimum absolute atomic E-state index is 0.0339. The molecule has 0 aromatic heterocycles. The van der Waals surface area contributed by atoms with Gasteiger partial charge in [-0.2, -0.15) is 0 Å². The van der Waals surface area contributed by atoms with Crippen LogP contribution >= 0.6 is 0 Å². The molecular formula is C16H16F6O4. The molecule has 146 valence electrons. The molecule has 1 fully saturated rings. The van der Waals surface area contributed by atoms with E-state index in [1.54, 1.807) is 0 Å². The highest BCUT2D eigenvalue weighted by molar-refractivity contribution is 5.67. The minimum atomic E-state index is -5.10. The number of alkyl halides is 6. The summed E-state index contributed by atoms with van der Waals surface area (Å²) in [7, 11) is 0. The first-order valence-corrected chi connectivity index (χ1v) is 7.75. The highest BCUT2D eigenvalue weighted by Crippen LogP contribution is 2.44. The summed E-state index contributed by atoms with van der Waals surface area (Å²) in [6.07, 6.45) is -7.64. The van der Waals surface area contributed by atoms with Crippen molar-refractivity contribution in [2.24, 2.45) is 0 Å². The Bertz CT molecular complexity index is 613. The molecule has 1 saturated carbocycles. The fourth-order valence-electron chi connectivity index (χ4n) is 3.07. The third-order valence-electron chi connectivity index (χ3n) is 3.87. The van der Waals surface area contributed by atoms with Crippen LogP contribution in [0.4, 0.5) is 26.3 Å². The number of hydrogen-bond acceptors (Lipinski definition) is 4. The molecule has 10 heteroatoms. The van der Waals surface area contributed by atoms with E-state index in [1.165, 1.54) is 0 Å². The highest BCUT2D eigenvalue weighted by Gasteiger charge is 2.40. The van der Waals surface area contributed by atoms with E-state index >= 15 is 0 Å². The molecule has 1 aromatic carbocycles. The van der Waals surface area contributed by atoms with Gasteiger partial charge in [-0.25, -0.2) is 0 Å². The van der Waals surface area contributed by atoms with Crippen molar-refractivity contribution >= 4 is 5.97 Å². The summed E-state index contributed by atoms with van der Waals surface area (Å²) in [5.74, 6) is -2.45. The Morgan fingerprint density at radius 2 is 1.35 bits per heavy atom. The van der Waals surface area contributed by atoms with E-state index in [9.17, 15) is 31.1 Å². The average Bonchev–Trinajstić information content (AvgIpc) is 2.43. The van der Waals surface area contributed by atoms with Gasteiger partial charge in [0.15, 0.2) is 0 Å². The molecule has 0 radical (unpaired) electrons. The zero-order valence-electron chi connectivity index (χ0n) is 13.7. The van der Waals surface area contributed by atoms with Gasteiger partial charge in [-0.3, -0.25) is 4.79 Å². The van der Waals surface area contributed by atoms with Gasteiger partial charge in [0.05, 0.1) is 0 Å². The molecule has 1 aliphatic carbocycles. The van der Waals surface area contributed by atoms with Gasteiger partial charge < -0.3 is 14.2 Å². The Balaban J connectivity index is 2.50. The first-order valence-electron chi connectivity index (χ1n) is 7.75. The highest BCUT2D eigenvalue weighted by atomic mass is 19.4. The smallest absolute Gasteiger partial charge is 0.454 e. The van der Waals surface area contributed by atoms with Crippen LogP contribution in [0.1, 0.15) is 44.6 Å². The first-order chi connectivity index (χ1) is 11.9. The normalized spacial score (nSPS) is 17.5. The minimum Gasteiger partial charge on any atom is -0.454 e. The molecule has 1 aliphatic rings. The third kappa shape index (κ3) is 5.70. The summed E-state index contributed by atoms with van der Waals surface area (Å²) < 4.78 is 87.9. The van der Waals surface area contributed by atoms with E-state index in [0.29, 0.717) is 18.9 Å². The van der Waals surface area contributed by atoms with Crippen LogP contribution in [-0.2, 0) is 15.1 Å². The zero-order chi connectivity index (χ0) is 19.6. The van der Waals surface area contributed by atoms with Crippen LogP contribution in [-0.4, -0.2) is 18.7 Å². The molecular weight excluding hydrogens is 370 g/mol. The lowest BCUT2D eigenvalue weighted by molar-refractivity contribution is -0.276. The van der Waals surface area contributed by atoms with Crippen LogP contribution in [0.3, 0.4) is 0 Å². The molecule has 0 heterocycles. The molecule has 0 N–H and O–H groups in total. The van der Waals surface area contributed by atoms with Crippen molar-refractivity contribution in [3.8, 4) is 11.5 Å². The largest absolute Gasteiger partial charge is 0.573 e. The molecule has 0 atom stereocenters. The quantitative estimate of drug-likeness (QED) is 0.527. The summed E-state index contributed by atoms with van der Waals surface area (Å²) in [6, 6.07) is 2.32. The number of esters is 1. The maximum absolute atomic E-state index is 12.5. The Hall–Kier alpha value is -2.13. The van der Waals surface area contributed by atoms with Crippen molar-refractivity contribution in [2.75, 3.05) is 0 Å². The van der Waals surface area contributed by atoms with Crippen LogP contribution in [0, 0.1) is 0 Å². The molecule has 0 spiro atoms. The number of carbonyl (C=O) groups is 1. The van der Waals surface area contributed by atoms with Gasteiger partial charge in [0.1, 0.15) is 17.1 Å². The van der Waals surface area contributed by atoms with Crippen molar-refractivity contribution in [1.82, 2.24) is 0 Å². The van der Waals surface area contributed by atoms with E-state index in [0.717, 1.165) is 25.5 Å². The topological polar surface area (TPSA) is 44.8 Å². The summed E-state index contributed by atoms with van der Waals surface area (Å²) >= 11 is 0. The summed E-state index contributed by atoms with van der Waals surface area (Å²) in [5.41, 5.74) is -1.35. The van der Waals surface area contributed by atoms with Crippen LogP contribution in [0.15, 0.2) is 18.2 Å². The molecule has 4 nitrogen and oxygen atoms in total. The number of benzene rings is 1. The molecule has 1 aromatic rings. The Kier molecular flexibility index (Phi) is 5.62. The van der Waals surface area contributed by atoms with E-state index < -0.39 is 35.8 Å². The van der Waals surface area contributed by atoms with Gasteiger partial charge in [-0.15, -0.1) is 26.3 Å². The maximum atomic E-state index is 12.5. The number of carbonyl (C=O) groups excluding carboxylic acids is 1. The molecule has 0 amide bonds. The van der Waals surface area contributed by atoms with Gasteiger partial charge >= 0.3 is 18.7 Å². The van der Waals surface area contributed by atoms with Gasteiger partial charge in [0.2, 0.25) is 0 Å². The van der Waals surface area contributed by atoms with Crippen molar-refractivity contribution in [3.63, 3.8) is 0 Å². The number of rotatable bonds is 4. The lowest BCUT2D eigenvalue weighted by atomic mass is 9.79. The SMILES string of the molecule is CC(=O)OC1(c2cc(OC(F)(F)F)cc(OC(F)(F)F)c2)CCCCC1. The predicted octanol–water partition coefficient (Wildman–Crippen LogP) is 5.21. The van der Waals surface area contributed by atoms with E-state index in [2.05, 4.69) is 9.47 Å². The second-order valence-corrected chi connectivity index (χ2v) is 5.94. The molecule has 2 rings (SSSR count). The van der Waals surface area contributed by atoms with E-state index in [1.807, 2.05) is 0 Å². The van der Waals surface area contributed by atoms with Gasteiger partial charge in [-0.05, 0) is 37.8 Å². The fourth-order valence-corrected chi connectivity index (χ4v) is 3.07. The van der Waals surface area contributed by atoms with Crippen LogP contribution in [0.25, 0.3) is 0 Å². The van der Waals surface area contributed by atoms with Crippen LogP contribution in [0.5, 0.6) is 11.5 Å². The number of halogens is 6. The average molecular weight is 386 g/mol. The Labute approximate surface area is 145 Å². The zero-order valence-corrected chi connectivity index (χ0v) is 13.7. The van der Waals surface area contributed by atoms with Crippen molar-refractivity contribution in [3.05, 3.63) is 23.8 Å². The second kappa shape index (κ2) is 7.24. The lowest BCUT2D eigenvalue weighted by Gasteiger charge is -2.37. The van der Waals surface area contributed by atoms with Gasteiger partial charge in [-0.1, -0.05) is 6.42 Å². The lowest BCUT2D eigenvalue weighted by Crippen LogP contribution is -2.34. The van der Waals surface area contributed by atoms with Gasteiger partial charge in [0, 0.05) is 18.6 Å². The third-order valence-corrected chi connectivity index (χ3v) is 3.87. The summed E-state index contributed by atoms with van der Waals surface area (Å²) in [4.78, 5) is 11.5. The molecule has 0 saturated heterocycles. The van der Waals surface area contributed by atoms with E-state index in [4.69, 9.17) is 4.74 Å². The number of ether oxygens (including phenoxy) is 3. The summed E-state index contributed by atoms with van der Waals surface area (Å²) in [6.45, 7) is 1.12. The van der Waals surface area contributed by atoms with Crippen molar-refractivity contribution < 1.29 is 45.3 Å². The summed E-state index contributed by atoms with van der Waals surface area (Å²) in [5, 5.41) is 0. The first kappa shape index (κ1) is 20.2.